The van der Waals surface area contributed by atoms with E-state index < -0.39 is 6.04 Å². The van der Waals surface area contributed by atoms with Gasteiger partial charge in [0.05, 0.1) is 6.54 Å². The van der Waals surface area contributed by atoms with Crippen molar-refractivity contribution >= 4 is 17.7 Å². The zero-order chi connectivity index (χ0) is 16.4. The topological polar surface area (TPSA) is 78.8 Å². The average molecular weight is 307 g/mol. The summed E-state index contributed by atoms with van der Waals surface area (Å²) in [5, 5.41) is 4.10. The molecule has 0 aromatic carbocycles. The molecule has 0 aliphatic carbocycles. The van der Waals surface area contributed by atoms with Gasteiger partial charge in [-0.25, -0.2) is 0 Å². The van der Waals surface area contributed by atoms with Gasteiger partial charge in [-0.3, -0.25) is 19.1 Å². The summed E-state index contributed by atoms with van der Waals surface area (Å²) in [4.78, 5) is 41.1. The Kier molecular flexibility index (Phi) is 4.48. The second-order valence-corrected chi connectivity index (χ2v) is 5.59. The number of carbonyl (C=O) groups excluding carboxylic acids is 3. The molecule has 0 bridgehead atoms. The van der Waals surface area contributed by atoms with Crippen molar-refractivity contribution in [1.29, 1.82) is 0 Å². The van der Waals surface area contributed by atoms with Crippen LogP contribution in [0.15, 0.2) is 12.3 Å². The number of carbonyl (C=O) groups is 3. The molecule has 1 aromatic rings. The molecule has 1 unspecified atom stereocenters. The average Bonchev–Trinajstić information content (AvgIpc) is 2.91. The summed E-state index contributed by atoms with van der Waals surface area (Å²) in [7, 11) is 5.00. The summed E-state index contributed by atoms with van der Waals surface area (Å²) in [6.07, 6.45) is 1.68. The van der Waals surface area contributed by atoms with E-state index in [9.17, 15) is 14.4 Å². The lowest BCUT2D eigenvalue weighted by atomic mass is 10.1. The quantitative estimate of drug-likeness (QED) is 0.715. The fourth-order valence-corrected chi connectivity index (χ4v) is 2.50. The van der Waals surface area contributed by atoms with Crippen LogP contribution in [-0.4, -0.2) is 82.0 Å². The molecule has 1 aliphatic heterocycles. The van der Waals surface area contributed by atoms with Gasteiger partial charge in [-0.2, -0.15) is 5.10 Å². The minimum Gasteiger partial charge on any atom is -0.347 e. The zero-order valence-electron chi connectivity index (χ0n) is 13.3. The maximum Gasteiger partial charge on any atom is 0.275 e. The van der Waals surface area contributed by atoms with E-state index in [1.807, 2.05) is 0 Å². The Morgan fingerprint density at radius 3 is 2.45 bits per heavy atom. The zero-order valence-corrected chi connectivity index (χ0v) is 13.3. The van der Waals surface area contributed by atoms with Crippen LogP contribution in [0.3, 0.4) is 0 Å². The fraction of sp³-hybridized carbons (Fsp3) is 0.571. The molecule has 120 valence electrons. The molecule has 0 spiro atoms. The third kappa shape index (κ3) is 3.10. The first-order valence-corrected chi connectivity index (χ1v) is 7.08. The maximum absolute atomic E-state index is 12.6. The predicted molar refractivity (Wildman–Crippen MR) is 79.0 cm³/mol. The molecule has 1 atom stereocenters. The van der Waals surface area contributed by atoms with Crippen LogP contribution in [-0.2, 0) is 16.6 Å². The van der Waals surface area contributed by atoms with Crippen LogP contribution in [0.1, 0.15) is 17.4 Å². The highest BCUT2D eigenvalue weighted by Gasteiger charge is 2.37. The molecule has 1 aliphatic rings. The molecule has 1 aromatic heterocycles. The van der Waals surface area contributed by atoms with Gasteiger partial charge >= 0.3 is 0 Å². The van der Waals surface area contributed by atoms with Crippen LogP contribution >= 0.6 is 0 Å². The summed E-state index contributed by atoms with van der Waals surface area (Å²) < 4.78 is 1.54. The summed E-state index contributed by atoms with van der Waals surface area (Å²) in [5.74, 6) is -0.583. The van der Waals surface area contributed by atoms with Crippen LogP contribution in [0.25, 0.3) is 0 Å². The first-order chi connectivity index (χ1) is 10.3. The number of hydrogen-bond acceptors (Lipinski definition) is 4. The van der Waals surface area contributed by atoms with Crippen LogP contribution in [0.2, 0.25) is 0 Å². The number of piperazine rings is 1. The van der Waals surface area contributed by atoms with Gasteiger partial charge in [0.1, 0.15) is 11.7 Å². The van der Waals surface area contributed by atoms with Crippen LogP contribution < -0.4 is 0 Å². The van der Waals surface area contributed by atoms with Crippen LogP contribution in [0.4, 0.5) is 0 Å². The van der Waals surface area contributed by atoms with Crippen LogP contribution in [0.5, 0.6) is 0 Å². The van der Waals surface area contributed by atoms with E-state index in [1.165, 1.54) is 16.7 Å². The van der Waals surface area contributed by atoms with Crippen molar-refractivity contribution in [2.45, 2.75) is 13.0 Å². The highest BCUT2D eigenvalue weighted by Crippen LogP contribution is 2.15. The minimum absolute atomic E-state index is 0.0958. The predicted octanol–water partition coefficient (Wildman–Crippen LogP) is -0.819. The number of aryl methyl sites for hydroxylation is 1. The van der Waals surface area contributed by atoms with E-state index in [0.717, 1.165) is 0 Å². The smallest absolute Gasteiger partial charge is 0.275 e. The number of nitrogens with zero attached hydrogens (tertiary/aromatic N) is 5. The lowest BCUT2D eigenvalue weighted by molar-refractivity contribution is -0.139. The molecule has 0 radical (unpaired) electrons. The first-order valence-electron chi connectivity index (χ1n) is 7.08. The molecular weight excluding hydrogens is 286 g/mol. The van der Waals surface area contributed by atoms with Crippen molar-refractivity contribution in [2.75, 3.05) is 33.7 Å². The summed E-state index contributed by atoms with van der Waals surface area (Å²) >= 11 is 0. The first kappa shape index (κ1) is 16.0. The van der Waals surface area contributed by atoms with Gasteiger partial charge in [0.2, 0.25) is 11.8 Å². The molecule has 0 saturated carbocycles. The molecular formula is C14H21N5O3. The van der Waals surface area contributed by atoms with Crippen LogP contribution in [0, 0.1) is 0 Å². The Labute approximate surface area is 129 Å². The number of hydrogen-bond donors (Lipinski definition) is 0. The third-order valence-electron chi connectivity index (χ3n) is 3.75. The number of likely N-dealkylation sites (N-methyl/N-ethyl adjacent to an activating group) is 1. The molecule has 8 nitrogen and oxygen atoms in total. The molecule has 1 saturated heterocycles. The Bertz CT molecular complexity index is 595. The van der Waals surface area contributed by atoms with E-state index in [4.69, 9.17) is 0 Å². The van der Waals surface area contributed by atoms with Gasteiger partial charge < -0.3 is 14.7 Å². The molecule has 8 heteroatoms. The SMILES string of the molecule is CC(=O)N1CCN(C(=O)c2ccn(C)n2)C(C(=O)N(C)C)C1. The maximum atomic E-state index is 12.6. The largest absolute Gasteiger partial charge is 0.347 e. The summed E-state index contributed by atoms with van der Waals surface area (Å²) in [5.41, 5.74) is 0.301. The fourth-order valence-electron chi connectivity index (χ4n) is 2.50. The normalized spacial score (nSPS) is 18.3. The highest BCUT2D eigenvalue weighted by atomic mass is 16.2. The van der Waals surface area contributed by atoms with Gasteiger partial charge in [0.15, 0.2) is 0 Å². The van der Waals surface area contributed by atoms with Gasteiger partial charge in [0, 0.05) is 47.4 Å². The van der Waals surface area contributed by atoms with Gasteiger partial charge in [-0.1, -0.05) is 0 Å². The lowest BCUT2D eigenvalue weighted by Gasteiger charge is -2.40. The molecule has 2 heterocycles. The van der Waals surface area contributed by atoms with E-state index in [0.29, 0.717) is 18.8 Å². The standard InChI is InChI=1S/C14H21N5O3/c1-10(20)18-7-8-19(12(9-18)14(22)16(2)3)13(21)11-5-6-17(4)15-11/h5-6,12H,7-9H2,1-4H3. The monoisotopic (exact) mass is 307 g/mol. The van der Waals surface area contributed by atoms with Crippen molar-refractivity contribution in [3.8, 4) is 0 Å². The van der Waals surface area contributed by atoms with E-state index in [1.54, 1.807) is 43.0 Å². The van der Waals surface area contributed by atoms with E-state index in [2.05, 4.69) is 5.10 Å². The summed E-state index contributed by atoms with van der Waals surface area (Å²) in [6, 6.07) is 0.943. The number of rotatable bonds is 2. The van der Waals surface area contributed by atoms with Gasteiger partial charge in [0.25, 0.3) is 5.91 Å². The second-order valence-electron chi connectivity index (χ2n) is 5.59. The van der Waals surface area contributed by atoms with E-state index >= 15 is 0 Å². The van der Waals surface area contributed by atoms with Gasteiger partial charge in [-0.05, 0) is 6.07 Å². The molecule has 0 N–H and O–H groups in total. The molecule has 2 rings (SSSR count). The Morgan fingerprint density at radius 1 is 1.27 bits per heavy atom. The lowest BCUT2D eigenvalue weighted by Crippen LogP contribution is -2.61. The third-order valence-corrected chi connectivity index (χ3v) is 3.75. The second kappa shape index (κ2) is 6.17. The molecule has 3 amide bonds. The molecule has 22 heavy (non-hydrogen) atoms. The number of amides is 3. The van der Waals surface area contributed by atoms with Crippen molar-refractivity contribution in [2.24, 2.45) is 7.05 Å². The Hall–Kier alpha value is -2.38. The van der Waals surface area contributed by atoms with Crippen molar-refractivity contribution in [3.05, 3.63) is 18.0 Å². The van der Waals surface area contributed by atoms with Crippen molar-refractivity contribution < 1.29 is 14.4 Å². The minimum atomic E-state index is -0.679. The van der Waals surface area contributed by atoms with Crippen molar-refractivity contribution in [1.82, 2.24) is 24.5 Å². The van der Waals surface area contributed by atoms with Gasteiger partial charge in [-0.15, -0.1) is 0 Å². The Morgan fingerprint density at radius 2 is 1.95 bits per heavy atom. The number of aromatic nitrogens is 2. The molecule has 1 fully saturated rings. The van der Waals surface area contributed by atoms with Crippen molar-refractivity contribution in [3.63, 3.8) is 0 Å². The highest BCUT2D eigenvalue weighted by molar-refractivity contribution is 5.96. The summed E-state index contributed by atoms with van der Waals surface area (Å²) in [6.45, 7) is 2.42. The van der Waals surface area contributed by atoms with E-state index in [-0.39, 0.29) is 24.3 Å². The Balaban J connectivity index is 2.25.